The Morgan fingerprint density at radius 1 is 1.35 bits per heavy atom. The van der Waals surface area contributed by atoms with Gasteiger partial charge in [0.1, 0.15) is 0 Å². The topological polar surface area (TPSA) is 42.7 Å². The van der Waals surface area contributed by atoms with Gasteiger partial charge in [0.2, 0.25) is 0 Å². The average molecular weight is 235 g/mol. The number of nitrogens with zero attached hydrogens (tertiary/aromatic N) is 1. The van der Waals surface area contributed by atoms with E-state index in [1.165, 1.54) is 12.8 Å². The van der Waals surface area contributed by atoms with Crippen LogP contribution in [0.15, 0.2) is 22.8 Å². The molecule has 17 heavy (non-hydrogen) atoms. The van der Waals surface area contributed by atoms with Gasteiger partial charge in [0.15, 0.2) is 5.76 Å². The fourth-order valence-corrected chi connectivity index (χ4v) is 2.89. The lowest BCUT2D eigenvalue weighted by Gasteiger charge is -2.43. The smallest absolute Gasteiger partial charge is 0.289 e. The van der Waals surface area contributed by atoms with Gasteiger partial charge in [-0.15, -0.1) is 0 Å². The number of morpholine rings is 1. The van der Waals surface area contributed by atoms with Crippen molar-refractivity contribution in [2.45, 2.75) is 37.8 Å². The van der Waals surface area contributed by atoms with Gasteiger partial charge in [-0.05, 0) is 25.0 Å². The highest BCUT2D eigenvalue weighted by Gasteiger charge is 2.37. The second-order valence-electron chi connectivity index (χ2n) is 4.74. The summed E-state index contributed by atoms with van der Waals surface area (Å²) in [5.74, 6) is 0.450. The van der Waals surface area contributed by atoms with E-state index < -0.39 is 0 Å². The summed E-state index contributed by atoms with van der Waals surface area (Å²) in [4.78, 5) is 14.2. The van der Waals surface area contributed by atoms with Crippen molar-refractivity contribution in [3.63, 3.8) is 0 Å². The minimum absolute atomic E-state index is 0.00944. The standard InChI is InChI=1S/C13H17NO3/c15-13(12-6-3-8-16-12)14-7-9-17-11-5-2-1-4-10(11)14/h3,6,8,10-11H,1-2,4-5,7,9H2/t10-,11-/m0/s1. The molecule has 1 saturated carbocycles. The number of fused-ring (bicyclic) bond motifs is 1. The first-order valence-corrected chi connectivity index (χ1v) is 6.32. The monoisotopic (exact) mass is 235 g/mol. The van der Waals surface area contributed by atoms with Gasteiger partial charge in [-0.2, -0.15) is 0 Å². The van der Waals surface area contributed by atoms with Crippen LogP contribution in [-0.4, -0.2) is 36.1 Å². The molecule has 0 aromatic carbocycles. The Kier molecular flexibility index (Phi) is 2.89. The molecule has 2 aliphatic rings. The summed E-state index contributed by atoms with van der Waals surface area (Å²) in [7, 11) is 0. The third-order valence-corrected chi connectivity index (χ3v) is 3.72. The van der Waals surface area contributed by atoms with E-state index in [4.69, 9.17) is 9.15 Å². The van der Waals surface area contributed by atoms with Crippen LogP contribution in [0.4, 0.5) is 0 Å². The molecule has 92 valence electrons. The Balaban J connectivity index is 1.79. The number of hydrogen-bond acceptors (Lipinski definition) is 3. The SMILES string of the molecule is O=C(c1ccco1)N1CCO[C@H]2CCCC[C@@H]21. The molecule has 2 atom stereocenters. The minimum Gasteiger partial charge on any atom is -0.459 e. The van der Waals surface area contributed by atoms with Crippen molar-refractivity contribution in [1.29, 1.82) is 0 Å². The third kappa shape index (κ3) is 1.97. The second-order valence-corrected chi connectivity index (χ2v) is 4.74. The molecule has 3 rings (SSSR count). The van der Waals surface area contributed by atoms with E-state index in [1.54, 1.807) is 18.4 Å². The first kappa shape index (κ1) is 10.8. The van der Waals surface area contributed by atoms with Gasteiger partial charge in [-0.3, -0.25) is 4.79 Å². The van der Waals surface area contributed by atoms with Crippen molar-refractivity contribution in [2.75, 3.05) is 13.2 Å². The lowest BCUT2D eigenvalue weighted by Crippen LogP contribution is -2.54. The molecule has 0 spiro atoms. The fourth-order valence-electron chi connectivity index (χ4n) is 2.89. The van der Waals surface area contributed by atoms with Crippen LogP contribution >= 0.6 is 0 Å². The maximum atomic E-state index is 12.3. The lowest BCUT2D eigenvalue weighted by atomic mass is 9.90. The Hall–Kier alpha value is -1.29. The summed E-state index contributed by atoms with van der Waals surface area (Å²) in [6.07, 6.45) is 6.31. The van der Waals surface area contributed by atoms with E-state index >= 15 is 0 Å². The maximum absolute atomic E-state index is 12.3. The molecule has 4 nitrogen and oxygen atoms in total. The van der Waals surface area contributed by atoms with E-state index in [0.717, 1.165) is 12.8 Å². The quantitative estimate of drug-likeness (QED) is 0.748. The predicted octanol–water partition coefficient (Wildman–Crippen LogP) is 2.06. The molecular formula is C13H17NO3. The molecule has 1 amide bonds. The van der Waals surface area contributed by atoms with E-state index in [1.807, 2.05) is 4.90 Å². The number of rotatable bonds is 1. The molecule has 1 aliphatic carbocycles. The van der Waals surface area contributed by atoms with Crippen LogP contribution in [0.25, 0.3) is 0 Å². The summed E-state index contributed by atoms with van der Waals surface area (Å²) in [5.41, 5.74) is 0. The summed E-state index contributed by atoms with van der Waals surface area (Å²) < 4.78 is 11.0. The zero-order valence-electron chi connectivity index (χ0n) is 9.80. The second kappa shape index (κ2) is 4.53. The Morgan fingerprint density at radius 2 is 2.24 bits per heavy atom. The highest BCUT2D eigenvalue weighted by Crippen LogP contribution is 2.29. The van der Waals surface area contributed by atoms with Gasteiger partial charge in [-0.25, -0.2) is 0 Å². The van der Waals surface area contributed by atoms with Crippen molar-refractivity contribution in [3.05, 3.63) is 24.2 Å². The zero-order valence-corrected chi connectivity index (χ0v) is 9.80. The highest BCUT2D eigenvalue weighted by atomic mass is 16.5. The normalized spacial score (nSPS) is 28.8. The molecule has 1 aromatic rings. The van der Waals surface area contributed by atoms with Gasteiger partial charge in [0, 0.05) is 6.54 Å². The number of hydrogen-bond donors (Lipinski definition) is 0. The van der Waals surface area contributed by atoms with Crippen LogP contribution in [-0.2, 0) is 4.74 Å². The zero-order chi connectivity index (χ0) is 11.7. The van der Waals surface area contributed by atoms with Gasteiger partial charge in [-0.1, -0.05) is 12.8 Å². The molecule has 2 heterocycles. The van der Waals surface area contributed by atoms with Gasteiger partial charge < -0.3 is 14.1 Å². The third-order valence-electron chi connectivity index (χ3n) is 3.72. The van der Waals surface area contributed by atoms with Crippen LogP contribution in [0.3, 0.4) is 0 Å². The summed E-state index contributed by atoms with van der Waals surface area (Å²) in [5, 5.41) is 0. The average Bonchev–Trinajstić information content (AvgIpc) is 2.91. The summed E-state index contributed by atoms with van der Waals surface area (Å²) in [6.45, 7) is 1.33. The largest absolute Gasteiger partial charge is 0.459 e. The number of furan rings is 1. The summed E-state index contributed by atoms with van der Waals surface area (Å²) >= 11 is 0. The fraction of sp³-hybridized carbons (Fsp3) is 0.615. The molecular weight excluding hydrogens is 218 g/mol. The first-order chi connectivity index (χ1) is 8.36. The van der Waals surface area contributed by atoms with Crippen LogP contribution < -0.4 is 0 Å². The lowest BCUT2D eigenvalue weighted by molar-refractivity contribution is -0.0759. The molecule has 4 heteroatoms. The van der Waals surface area contributed by atoms with Crippen molar-refractivity contribution in [2.24, 2.45) is 0 Å². The molecule has 2 fully saturated rings. The van der Waals surface area contributed by atoms with Crippen LogP contribution in [0.1, 0.15) is 36.2 Å². The van der Waals surface area contributed by atoms with E-state index in [-0.39, 0.29) is 18.1 Å². The van der Waals surface area contributed by atoms with Crippen molar-refractivity contribution in [1.82, 2.24) is 4.90 Å². The van der Waals surface area contributed by atoms with Crippen LogP contribution in [0.5, 0.6) is 0 Å². The van der Waals surface area contributed by atoms with Crippen LogP contribution in [0.2, 0.25) is 0 Å². The van der Waals surface area contributed by atoms with Gasteiger partial charge in [0.05, 0.1) is 25.0 Å². The Labute approximate surface area is 101 Å². The summed E-state index contributed by atoms with van der Waals surface area (Å²) in [6, 6.07) is 3.73. The molecule has 0 N–H and O–H groups in total. The molecule has 0 unspecified atom stereocenters. The van der Waals surface area contributed by atoms with Gasteiger partial charge >= 0.3 is 0 Å². The Bertz CT molecular complexity index is 385. The van der Waals surface area contributed by atoms with E-state index in [0.29, 0.717) is 18.9 Å². The number of carbonyl (C=O) groups is 1. The maximum Gasteiger partial charge on any atom is 0.289 e. The molecule has 1 saturated heterocycles. The molecule has 0 bridgehead atoms. The first-order valence-electron chi connectivity index (χ1n) is 6.32. The highest BCUT2D eigenvalue weighted by molar-refractivity contribution is 5.91. The number of ether oxygens (including phenoxy) is 1. The number of amides is 1. The van der Waals surface area contributed by atoms with E-state index in [2.05, 4.69) is 0 Å². The van der Waals surface area contributed by atoms with Crippen molar-refractivity contribution >= 4 is 5.91 Å². The van der Waals surface area contributed by atoms with Crippen molar-refractivity contribution < 1.29 is 13.9 Å². The molecule has 1 aromatic heterocycles. The minimum atomic E-state index is 0.00944. The molecule has 0 radical (unpaired) electrons. The van der Waals surface area contributed by atoms with Crippen molar-refractivity contribution in [3.8, 4) is 0 Å². The van der Waals surface area contributed by atoms with E-state index in [9.17, 15) is 4.79 Å². The number of carbonyl (C=O) groups excluding carboxylic acids is 1. The van der Waals surface area contributed by atoms with Crippen LogP contribution in [0, 0.1) is 0 Å². The predicted molar refractivity (Wildman–Crippen MR) is 61.7 cm³/mol. The molecule has 1 aliphatic heterocycles. The Morgan fingerprint density at radius 3 is 3.06 bits per heavy atom. The van der Waals surface area contributed by atoms with Gasteiger partial charge in [0.25, 0.3) is 5.91 Å².